The van der Waals surface area contributed by atoms with Crippen molar-refractivity contribution in [1.29, 1.82) is 0 Å². The van der Waals surface area contributed by atoms with E-state index in [1.807, 2.05) is 32.1 Å². The first-order valence-corrected chi connectivity index (χ1v) is 5.65. The second-order valence-corrected chi connectivity index (χ2v) is 4.36. The number of halogens is 1. The van der Waals surface area contributed by atoms with Gasteiger partial charge in [-0.1, -0.05) is 0 Å². The van der Waals surface area contributed by atoms with Gasteiger partial charge in [0.05, 0.1) is 6.54 Å². The maximum absolute atomic E-state index is 5.79. The molecule has 0 spiro atoms. The number of aryl methyl sites for hydroxylation is 1. The van der Waals surface area contributed by atoms with Crippen molar-refractivity contribution >= 4 is 21.9 Å². The topological polar surface area (TPSA) is 46.5 Å². The average Bonchev–Trinajstić information content (AvgIpc) is 2.45. The largest absolute Gasteiger partial charge is 0.370 e. The van der Waals surface area contributed by atoms with Gasteiger partial charge in [0, 0.05) is 37.0 Å². The van der Waals surface area contributed by atoms with Gasteiger partial charge in [-0.05, 0) is 28.9 Å². The molecule has 0 amide bonds. The monoisotopic (exact) mass is 272 g/mol. The van der Waals surface area contributed by atoms with Crippen LogP contribution in [-0.2, 0) is 13.6 Å². The van der Waals surface area contributed by atoms with Gasteiger partial charge in [0.25, 0.3) is 0 Å². The van der Waals surface area contributed by atoms with Gasteiger partial charge in [-0.3, -0.25) is 4.99 Å². The molecule has 0 atom stereocenters. The number of rotatable bonds is 3. The van der Waals surface area contributed by atoms with Gasteiger partial charge in [-0.2, -0.15) is 0 Å². The van der Waals surface area contributed by atoms with Gasteiger partial charge >= 0.3 is 0 Å². The van der Waals surface area contributed by atoms with Gasteiger partial charge in [0.1, 0.15) is 0 Å². The van der Waals surface area contributed by atoms with Crippen molar-refractivity contribution in [1.82, 2.24) is 9.47 Å². The first-order chi connectivity index (χ1) is 7.04. The van der Waals surface area contributed by atoms with Crippen molar-refractivity contribution in [2.45, 2.75) is 13.5 Å². The van der Waals surface area contributed by atoms with E-state index in [2.05, 4.69) is 31.6 Å². The van der Waals surface area contributed by atoms with Crippen LogP contribution >= 0.6 is 15.9 Å². The molecular formula is C10H17BrN4. The zero-order valence-corrected chi connectivity index (χ0v) is 11.0. The molecule has 15 heavy (non-hydrogen) atoms. The molecule has 1 aromatic heterocycles. The van der Waals surface area contributed by atoms with Gasteiger partial charge < -0.3 is 15.2 Å². The van der Waals surface area contributed by atoms with E-state index < -0.39 is 0 Å². The normalized spacial score (nSPS) is 11.9. The number of hydrogen-bond acceptors (Lipinski definition) is 1. The van der Waals surface area contributed by atoms with Crippen LogP contribution in [0.3, 0.4) is 0 Å². The molecule has 0 aliphatic heterocycles. The molecule has 1 heterocycles. The Morgan fingerprint density at radius 3 is 2.80 bits per heavy atom. The van der Waals surface area contributed by atoms with Gasteiger partial charge in [-0.25, -0.2) is 0 Å². The van der Waals surface area contributed by atoms with E-state index >= 15 is 0 Å². The van der Waals surface area contributed by atoms with Crippen LogP contribution in [0.5, 0.6) is 0 Å². The predicted molar refractivity (Wildman–Crippen MR) is 66.7 cm³/mol. The van der Waals surface area contributed by atoms with Crippen LogP contribution in [-0.4, -0.2) is 29.0 Å². The third-order valence-corrected chi connectivity index (χ3v) is 2.62. The lowest BCUT2D eigenvalue weighted by molar-refractivity contribution is 0.476. The molecule has 0 saturated carbocycles. The Kier molecular flexibility index (Phi) is 4.20. The summed E-state index contributed by atoms with van der Waals surface area (Å²) in [6.07, 6.45) is 2.02. The van der Waals surface area contributed by atoms with Crippen LogP contribution < -0.4 is 5.73 Å². The third-order valence-electron chi connectivity index (χ3n) is 2.18. The van der Waals surface area contributed by atoms with E-state index in [0.717, 1.165) is 11.0 Å². The van der Waals surface area contributed by atoms with Crippen molar-refractivity contribution in [2.24, 2.45) is 17.8 Å². The summed E-state index contributed by atoms with van der Waals surface area (Å²) in [5.74, 6) is 0.579. The minimum atomic E-state index is 0.579. The lowest BCUT2D eigenvalue weighted by Gasteiger charge is -2.18. The zero-order valence-electron chi connectivity index (χ0n) is 9.37. The van der Waals surface area contributed by atoms with Crippen molar-refractivity contribution in [3.63, 3.8) is 0 Å². The molecule has 0 radical (unpaired) electrons. The molecule has 0 aromatic carbocycles. The maximum atomic E-state index is 5.79. The Hall–Kier alpha value is -0.970. The number of nitrogens with two attached hydrogens (primary N) is 1. The molecule has 0 bridgehead atoms. The number of nitrogens with zero attached hydrogens (tertiary/aromatic N) is 3. The summed E-state index contributed by atoms with van der Waals surface area (Å²) in [4.78, 5) is 6.09. The highest BCUT2D eigenvalue weighted by molar-refractivity contribution is 9.10. The molecule has 4 nitrogen and oxygen atoms in total. The first-order valence-electron chi connectivity index (χ1n) is 4.86. The van der Waals surface area contributed by atoms with Gasteiger partial charge in [-0.15, -0.1) is 0 Å². The quantitative estimate of drug-likeness (QED) is 0.671. The molecule has 0 aliphatic carbocycles. The summed E-state index contributed by atoms with van der Waals surface area (Å²) >= 11 is 3.44. The molecule has 0 fully saturated rings. The minimum absolute atomic E-state index is 0.579. The Balaban J connectivity index is 2.70. The van der Waals surface area contributed by atoms with Crippen LogP contribution in [0, 0.1) is 0 Å². The first kappa shape index (κ1) is 12.1. The maximum Gasteiger partial charge on any atom is 0.191 e. The lowest BCUT2D eigenvalue weighted by atomic mass is 10.4. The van der Waals surface area contributed by atoms with Crippen LogP contribution in [0.2, 0.25) is 0 Å². The van der Waals surface area contributed by atoms with Crippen LogP contribution in [0.25, 0.3) is 0 Å². The van der Waals surface area contributed by atoms with Crippen LogP contribution in [0.1, 0.15) is 12.6 Å². The summed E-state index contributed by atoms with van der Waals surface area (Å²) in [7, 11) is 3.95. The molecule has 5 heteroatoms. The molecular weight excluding hydrogens is 256 g/mol. The van der Waals surface area contributed by atoms with E-state index in [1.54, 1.807) is 0 Å². The average molecular weight is 273 g/mol. The number of aliphatic imine (C=N–C) groups is 1. The lowest BCUT2D eigenvalue weighted by Crippen LogP contribution is -2.34. The van der Waals surface area contributed by atoms with Crippen molar-refractivity contribution in [3.8, 4) is 0 Å². The van der Waals surface area contributed by atoms with Gasteiger partial charge in [0.15, 0.2) is 5.96 Å². The highest BCUT2D eigenvalue weighted by atomic mass is 79.9. The van der Waals surface area contributed by atoms with E-state index in [9.17, 15) is 0 Å². The van der Waals surface area contributed by atoms with Crippen molar-refractivity contribution in [2.75, 3.05) is 13.6 Å². The Bertz CT molecular complexity index is 356. The fourth-order valence-corrected chi connectivity index (χ4v) is 1.90. The zero-order chi connectivity index (χ0) is 11.4. The third kappa shape index (κ3) is 3.27. The highest BCUT2D eigenvalue weighted by Crippen LogP contribution is 2.14. The molecule has 0 unspecified atom stereocenters. The Morgan fingerprint density at radius 1 is 1.67 bits per heavy atom. The molecule has 0 aliphatic rings. The summed E-state index contributed by atoms with van der Waals surface area (Å²) in [5, 5.41) is 0. The molecule has 0 saturated heterocycles. The molecule has 1 rings (SSSR count). The standard InChI is InChI=1S/C10H17BrN4/c1-4-13-10(12)15(3)7-9-5-8(11)6-14(9)2/h5-6H,4,7H2,1-3H3,(H2,12,13). The van der Waals surface area contributed by atoms with E-state index in [4.69, 9.17) is 5.73 Å². The van der Waals surface area contributed by atoms with Crippen molar-refractivity contribution < 1.29 is 0 Å². The number of guanidine groups is 1. The number of hydrogen-bond donors (Lipinski definition) is 1. The predicted octanol–water partition coefficient (Wildman–Crippen LogP) is 1.55. The second kappa shape index (κ2) is 5.21. The summed E-state index contributed by atoms with van der Waals surface area (Å²) in [6, 6.07) is 2.08. The molecule has 84 valence electrons. The second-order valence-electron chi connectivity index (χ2n) is 3.45. The van der Waals surface area contributed by atoms with Crippen LogP contribution in [0.15, 0.2) is 21.7 Å². The van der Waals surface area contributed by atoms with E-state index in [0.29, 0.717) is 12.5 Å². The Morgan fingerprint density at radius 2 is 2.33 bits per heavy atom. The summed E-state index contributed by atoms with van der Waals surface area (Å²) < 4.78 is 3.15. The van der Waals surface area contributed by atoms with Crippen LogP contribution in [0.4, 0.5) is 0 Å². The fourth-order valence-electron chi connectivity index (χ4n) is 1.33. The minimum Gasteiger partial charge on any atom is -0.370 e. The van der Waals surface area contributed by atoms with E-state index in [1.165, 1.54) is 5.69 Å². The fraction of sp³-hybridized carbons (Fsp3) is 0.500. The van der Waals surface area contributed by atoms with E-state index in [-0.39, 0.29) is 0 Å². The summed E-state index contributed by atoms with van der Waals surface area (Å²) in [5.41, 5.74) is 6.98. The van der Waals surface area contributed by atoms with Gasteiger partial charge in [0.2, 0.25) is 0 Å². The highest BCUT2D eigenvalue weighted by Gasteiger charge is 2.06. The number of aromatic nitrogens is 1. The Labute approximate surface area is 98.9 Å². The molecule has 1 aromatic rings. The smallest absolute Gasteiger partial charge is 0.191 e. The van der Waals surface area contributed by atoms with Crippen molar-refractivity contribution in [3.05, 3.63) is 22.4 Å². The SMILES string of the molecule is CCN=C(N)N(C)Cc1cc(Br)cn1C. The summed E-state index contributed by atoms with van der Waals surface area (Å²) in [6.45, 7) is 3.45. The molecule has 2 N–H and O–H groups in total.